The zero-order valence-electron chi connectivity index (χ0n) is 12.3. The van der Waals surface area contributed by atoms with Crippen molar-refractivity contribution in [2.45, 2.75) is 26.8 Å². The molecule has 0 fully saturated rings. The molecule has 4 heteroatoms. The number of hydrogen-bond acceptors (Lipinski definition) is 1. The Bertz CT molecular complexity index is 655. The van der Waals surface area contributed by atoms with Crippen LogP contribution >= 0.6 is 11.6 Å². The maximum atomic E-state index is 14.2. The first-order valence-corrected chi connectivity index (χ1v) is 7.26. The second kappa shape index (κ2) is 6.54. The lowest BCUT2D eigenvalue weighted by atomic mass is 9.95. The number of hydrogen-bond donors (Lipinski definition) is 1. The minimum Gasteiger partial charge on any atom is -0.306 e. The molecule has 2 aromatic rings. The molecular formula is C17H18ClF2N. The van der Waals surface area contributed by atoms with Gasteiger partial charge in [0, 0.05) is 5.56 Å². The topological polar surface area (TPSA) is 12.0 Å². The molecule has 1 atom stereocenters. The number of benzene rings is 2. The summed E-state index contributed by atoms with van der Waals surface area (Å²) < 4.78 is 27.9. The number of aryl methyl sites for hydroxylation is 2. The third-order valence-electron chi connectivity index (χ3n) is 3.62. The van der Waals surface area contributed by atoms with Gasteiger partial charge in [0.2, 0.25) is 0 Å². The highest BCUT2D eigenvalue weighted by Gasteiger charge is 2.19. The molecule has 0 saturated heterocycles. The van der Waals surface area contributed by atoms with Crippen molar-refractivity contribution in [1.29, 1.82) is 0 Å². The molecule has 0 aliphatic heterocycles. The van der Waals surface area contributed by atoms with E-state index in [1.54, 1.807) is 0 Å². The highest BCUT2D eigenvalue weighted by atomic mass is 35.5. The van der Waals surface area contributed by atoms with Crippen molar-refractivity contribution in [1.82, 2.24) is 5.32 Å². The lowest BCUT2D eigenvalue weighted by molar-refractivity contribution is 0.545. The van der Waals surface area contributed by atoms with Crippen LogP contribution in [0.3, 0.4) is 0 Å². The van der Waals surface area contributed by atoms with E-state index in [0.717, 1.165) is 22.8 Å². The normalized spacial score (nSPS) is 12.5. The van der Waals surface area contributed by atoms with Crippen LogP contribution in [-0.4, -0.2) is 6.54 Å². The van der Waals surface area contributed by atoms with Crippen LogP contribution in [0.2, 0.25) is 5.02 Å². The van der Waals surface area contributed by atoms with Crippen LogP contribution in [0, 0.1) is 25.5 Å². The largest absolute Gasteiger partial charge is 0.306 e. The van der Waals surface area contributed by atoms with Gasteiger partial charge in [0.25, 0.3) is 0 Å². The molecule has 0 aliphatic rings. The van der Waals surface area contributed by atoms with Gasteiger partial charge < -0.3 is 5.32 Å². The van der Waals surface area contributed by atoms with Crippen LogP contribution < -0.4 is 5.32 Å². The second-order valence-electron chi connectivity index (χ2n) is 5.12. The van der Waals surface area contributed by atoms with E-state index < -0.39 is 17.7 Å². The molecule has 2 aromatic carbocycles. The zero-order chi connectivity index (χ0) is 15.6. The molecule has 0 saturated carbocycles. The van der Waals surface area contributed by atoms with Crippen molar-refractivity contribution in [2.24, 2.45) is 0 Å². The lowest BCUT2D eigenvalue weighted by Crippen LogP contribution is -2.23. The van der Waals surface area contributed by atoms with Crippen molar-refractivity contribution in [2.75, 3.05) is 6.54 Å². The average Bonchev–Trinajstić information content (AvgIpc) is 2.44. The zero-order valence-corrected chi connectivity index (χ0v) is 13.1. The molecule has 0 radical (unpaired) electrons. The number of halogens is 3. The summed E-state index contributed by atoms with van der Waals surface area (Å²) in [4.78, 5) is 0. The molecule has 0 heterocycles. The van der Waals surface area contributed by atoms with E-state index in [1.165, 1.54) is 6.07 Å². The van der Waals surface area contributed by atoms with E-state index in [2.05, 4.69) is 5.32 Å². The molecule has 0 spiro atoms. The van der Waals surface area contributed by atoms with Crippen LogP contribution in [0.15, 0.2) is 30.3 Å². The van der Waals surface area contributed by atoms with E-state index in [0.29, 0.717) is 6.54 Å². The Labute approximate surface area is 128 Å². The fraction of sp³-hybridized carbons (Fsp3) is 0.294. The molecule has 21 heavy (non-hydrogen) atoms. The molecular weight excluding hydrogens is 292 g/mol. The highest BCUT2D eigenvalue weighted by molar-refractivity contribution is 6.30. The van der Waals surface area contributed by atoms with Crippen molar-refractivity contribution in [3.63, 3.8) is 0 Å². The van der Waals surface area contributed by atoms with Crippen molar-refractivity contribution in [3.8, 4) is 0 Å². The van der Waals surface area contributed by atoms with Gasteiger partial charge in [0.05, 0.1) is 11.1 Å². The Morgan fingerprint density at radius 2 is 1.76 bits per heavy atom. The summed E-state index contributed by atoms with van der Waals surface area (Å²) in [6, 6.07) is 7.70. The Morgan fingerprint density at radius 3 is 2.38 bits per heavy atom. The fourth-order valence-corrected chi connectivity index (χ4v) is 2.47. The SMILES string of the molecule is CCNC(c1ccc(C)c(C)c1)c1cc(F)c(Cl)cc1F. The number of rotatable bonds is 4. The first-order valence-electron chi connectivity index (χ1n) is 6.89. The van der Waals surface area contributed by atoms with Gasteiger partial charge in [-0.25, -0.2) is 8.78 Å². The minimum absolute atomic E-state index is 0.202. The predicted molar refractivity (Wildman–Crippen MR) is 82.8 cm³/mol. The summed E-state index contributed by atoms with van der Waals surface area (Å²) in [5.74, 6) is -1.12. The average molecular weight is 310 g/mol. The Hall–Kier alpha value is -1.45. The maximum absolute atomic E-state index is 14.2. The van der Waals surface area contributed by atoms with Crippen molar-refractivity contribution < 1.29 is 8.78 Å². The Kier molecular flexibility index (Phi) is 4.96. The lowest BCUT2D eigenvalue weighted by Gasteiger charge is -2.21. The van der Waals surface area contributed by atoms with Crippen molar-refractivity contribution in [3.05, 3.63) is 69.2 Å². The first-order chi connectivity index (χ1) is 9.93. The van der Waals surface area contributed by atoms with Gasteiger partial charge in [-0.05, 0) is 49.2 Å². The quantitative estimate of drug-likeness (QED) is 0.789. The van der Waals surface area contributed by atoms with E-state index in [1.807, 2.05) is 39.0 Å². The van der Waals surface area contributed by atoms with Gasteiger partial charge in [-0.1, -0.05) is 36.7 Å². The molecule has 2 rings (SSSR count). The van der Waals surface area contributed by atoms with Crippen LogP contribution in [0.5, 0.6) is 0 Å². The Morgan fingerprint density at radius 1 is 1.05 bits per heavy atom. The third-order valence-corrected chi connectivity index (χ3v) is 3.91. The second-order valence-corrected chi connectivity index (χ2v) is 5.53. The van der Waals surface area contributed by atoms with Gasteiger partial charge in [-0.3, -0.25) is 0 Å². The molecule has 0 bridgehead atoms. The van der Waals surface area contributed by atoms with E-state index in [9.17, 15) is 8.78 Å². The standard InChI is InChI=1S/C17H18ClF2N/c1-4-21-17(12-6-5-10(2)11(3)7-12)13-8-16(20)14(18)9-15(13)19/h5-9,17,21H,4H2,1-3H3. The van der Waals surface area contributed by atoms with Crippen LogP contribution in [0.4, 0.5) is 8.78 Å². The van der Waals surface area contributed by atoms with E-state index in [4.69, 9.17) is 11.6 Å². The molecule has 1 N–H and O–H groups in total. The molecule has 0 aromatic heterocycles. The van der Waals surface area contributed by atoms with Gasteiger partial charge in [-0.2, -0.15) is 0 Å². The molecule has 1 unspecified atom stereocenters. The number of nitrogens with one attached hydrogen (secondary N) is 1. The maximum Gasteiger partial charge on any atom is 0.142 e. The molecule has 1 nitrogen and oxygen atoms in total. The summed E-state index contributed by atoms with van der Waals surface area (Å²) in [6.45, 7) is 6.59. The van der Waals surface area contributed by atoms with Gasteiger partial charge in [0.15, 0.2) is 0 Å². The summed E-state index contributed by atoms with van der Waals surface area (Å²) >= 11 is 5.62. The highest BCUT2D eigenvalue weighted by Crippen LogP contribution is 2.29. The molecule has 0 aliphatic carbocycles. The van der Waals surface area contributed by atoms with Crippen LogP contribution in [0.1, 0.15) is 35.2 Å². The smallest absolute Gasteiger partial charge is 0.142 e. The Balaban J connectivity index is 2.52. The summed E-state index contributed by atoms with van der Waals surface area (Å²) in [6.07, 6.45) is 0. The molecule has 112 valence electrons. The third kappa shape index (κ3) is 3.42. The van der Waals surface area contributed by atoms with Crippen molar-refractivity contribution >= 4 is 11.6 Å². The minimum atomic E-state index is -0.611. The van der Waals surface area contributed by atoms with E-state index in [-0.39, 0.29) is 10.6 Å². The van der Waals surface area contributed by atoms with Crippen LogP contribution in [0.25, 0.3) is 0 Å². The van der Waals surface area contributed by atoms with E-state index >= 15 is 0 Å². The predicted octanol–water partition coefficient (Wildman–Crippen LogP) is 4.93. The summed E-state index contributed by atoms with van der Waals surface area (Å²) in [5.41, 5.74) is 3.45. The van der Waals surface area contributed by atoms with Gasteiger partial charge in [-0.15, -0.1) is 0 Å². The van der Waals surface area contributed by atoms with Crippen LogP contribution in [-0.2, 0) is 0 Å². The monoisotopic (exact) mass is 309 g/mol. The molecule has 0 amide bonds. The first kappa shape index (κ1) is 15.9. The van der Waals surface area contributed by atoms with Gasteiger partial charge >= 0.3 is 0 Å². The summed E-state index contributed by atoms with van der Waals surface area (Å²) in [5, 5.41) is 3.00. The fourth-order valence-electron chi connectivity index (χ4n) is 2.31. The summed E-state index contributed by atoms with van der Waals surface area (Å²) in [7, 11) is 0. The van der Waals surface area contributed by atoms with Gasteiger partial charge in [0.1, 0.15) is 11.6 Å².